The number of hydrogen-bond donors (Lipinski definition) is 1. The van der Waals surface area contributed by atoms with E-state index >= 15 is 0 Å². The standard InChI is InChI=1S/C31H46NO4S/c1-7-9-16-32-17-12-23(13-18-32)37-20-26(34)36-25-19-29(5,8-2)28(35)22(4)31-14-10-21(3)30(25,6)27(31)24(33)11-15-31/h8,12-13,17-18,21-22,25,27-28,35H,2,7,9-11,14-16,19-20H2,1,3-6H3/q+1/t21-,22+,25-,27+,28+,29-,30+,31+/m1/s1. The average molecular weight is 529 g/mol. The molecule has 1 N–H and O–H groups in total. The second-order valence-electron chi connectivity index (χ2n) is 12.5. The summed E-state index contributed by atoms with van der Waals surface area (Å²) >= 11 is 1.48. The van der Waals surface area contributed by atoms with E-state index in [9.17, 15) is 14.7 Å². The van der Waals surface area contributed by atoms with Crippen molar-refractivity contribution in [3.63, 3.8) is 0 Å². The lowest BCUT2D eigenvalue weighted by atomic mass is 9.44. The highest BCUT2D eigenvalue weighted by Gasteiger charge is 2.68. The minimum atomic E-state index is -0.643. The van der Waals surface area contributed by atoms with Gasteiger partial charge < -0.3 is 9.84 Å². The SMILES string of the molecule is C=C[C@]1(C)C[C@@H](OC(=O)CSc2cc[n+](CCCC)cc2)[C@]2(C)[C@H](C)CC[C@]3(CCC(=O)[C@H]32)[C@@H](C)[C@@H]1O. The summed E-state index contributed by atoms with van der Waals surface area (Å²) < 4.78 is 8.51. The molecule has 0 spiro atoms. The highest BCUT2D eigenvalue weighted by Crippen LogP contribution is 2.68. The van der Waals surface area contributed by atoms with Gasteiger partial charge in [0, 0.05) is 46.6 Å². The minimum absolute atomic E-state index is 0.0239. The van der Waals surface area contributed by atoms with E-state index in [0.29, 0.717) is 12.8 Å². The Hall–Kier alpha value is -1.66. The molecule has 6 heteroatoms. The van der Waals surface area contributed by atoms with Gasteiger partial charge in [0.05, 0.1) is 11.9 Å². The molecular formula is C31H46NO4S+. The molecule has 1 heterocycles. The van der Waals surface area contributed by atoms with Gasteiger partial charge in [-0.15, -0.1) is 18.3 Å². The Bertz CT molecular complexity index is 1010. The number of aryl methyl sites for hydroxylation is 1. The van der Waals surface area contributed by atoms with E-state index in [0.717, 1.165) is 43.5 Å². The molecular weight excluding hydrogens is 482 g/mol. The molecule has 0 radical (unpaired) electrons. The first kappa shape index (κ1) is 28.4. The summed E-state index contributed by atoms with van der Waals surface area (Å²) in [6.07, 6.45) is 10.9. The number of ether oxygens (including phenoxy) is 1. The fraction of sp³-hybridized carbons (Fsp3) is 0.710. The lowest BCUT2D eigenvalue weighted by Crippen LogP contribution is -2.63. The van der Waals surface area contributed by atoms with Crippen LogP contribution >= 0.6 is 11.8 Å². The molecule has 3 aliphatic rings. The number of thioether (sulfide) groups is 1. The Morgan fingerprint density at radius 2 is 1.97 bits per heavy atom. The monoisotopic (exact) mass is 528 g/mol. The summed E-state index contributed by atoms with van der Waals surface area (Å²) in [5.41, 5.74) is -1.33. The average Bonchev–Trinajstić information content (AvgIpc) is 3.25. The fourth-order valence-electron chi connectivity index (χ4n) is 7.87. The Morgan fingerprint density at radius 1 is 1.27 bits per heavy atom. The number of aliphatic hydroxyl groups excluding tert-OH is 1. The van der Waals surface area contributed by atoms with Crippen LogP contribution < -0.4 is 4.57 Å². The van der Waals surface area contributed by atoms with Crippen LogP contribution in [0.3, 0.4) is 0 Å². The van der Waals surface area contributed by atoms with E-state index in [1.807, 2.05) is 25.1 Å². The number of Topliss-reactive ketones (excluding diaryl/α,β-unsaturated/α-hetero) is 1. The van der Waals surface area contributed by atoms with Crippen LogP contribution in [0.25, 0.3) is 0 Å². The first-order chi connectivity index (χ1) is 17.5. The van der Waals surface area contributed by atoms with Gasteiger partial charge >= 0.3 is 5.97 Å². The summed E-state index contributed by atoms with van der Waals surface area (Å²) in [6, 6.07) is 4.10. The van der Waals surface area contributed by atoms with E-state index in [-0.39, 0.29) is 40.7 Å². The molecule has 1 aromatic heterocycles. The first-order valence-corrected chi connectivity index (χ1v) is 15.2. The van der Waals surface area contributed by atoms with Crippen LogP contribution in [0.4, 0.5) is 0 Å². The smallest absolute Gasteiger partial charge is 0.316 e. The van der Waals surface area contributed by atoms with Crippen molar-refractivity contribution in [1.29, 1.82) is 0 Å². The molecule has 3 aliphatic carbocycles. The van der Waals surface area contributed by atoms with Crippen LogP contribution in [-0.4, -0.2) is 34.8 Å². The highest BCUT2D eigenvalue weighted by molar-refractivity contribution is 8.00. The molecule has 2 bridgehead atoms. The third kappa shape index (κ3) is 4.93. The number of nitrogens with zero attached hydrogens (tertiary/aromatic N) is 1. The predicted octanol–water partition coefficient (Wildman–Crippen LogP) is 5.77. The van der Waals surface area contributed by atoms with Crippen molar-refractivity contribution in [3.05, 3.63) is 37.2 Å². The number of carbonyl (C=O) groups is 2. The molecule has 8 atom stereocenters. The molecule has 204 valence electrons. The lowest BCUT2D eigenvalue weighted by molar-refractivity contribution is -0.697. The van der Waals surface area contributed by atoms with E-state index in [1.165, 1.54) is 11.8 Å². The fourth-order valence-corrected chi connectivity index (χ4v) is 8.53. The first-order valence-electron chi connectivity index (χ1n) is 14.2. The number of unbranched alkanes of at least 4 members (excludes halogenated alkanes) is 1. The molecule has 1 aromatic rings. The van der Waals surface area contributed by atoms with Crippen molar-refractivity contribution in [2.75, 3.05) is 5.75 Å². The lowest BCUT2D eigenvalue weighted by Gasteiger charge is -2.61. The van der Waals surface area contributed by atoms with Gasteiger partial charge in [-0.05, 0) is 42.9 Å². The number of carbonyl (C=O) groups excluding carboxylic acids is 2. The number of esters is 1. The molecule has 0 amide bonds. The zero-order valence-corrected chi connectivity index (χ0v) is 24.2. The number of aromatic nitrogens is 1. The van der Waals surface area contributed by atoms with Crippen molar-refractivity contribution in [2.24, 2.45) is 34.0 Å². The Balaban J connectivity index is 1.58. The van der Waals surface area contributed by atoms with Crippen LogP contribution in [0.5, 0.6) is 0 Å². The molecule has 0 unspecified atom stereocenters. The van der Waals surface area contributed by atoms with Crippen LogP contribution in [-0.2, 0) is 20.9 Å². The number of hydrogen-bond acceptors (Lipinski definition) is 5. The van der Waals surface area contributed by atoms with Crippen LogP contribution in [0, 0.1) is 34.0 Å². The van der Waals surface area contributed by atoms with Gasteiger partial charge in [-0.3, -0.25) is 9.59 Å². The predicted molar refractivity (Wildman–Crippen MR) is 147 cm³/mol. The van der Waals surface area contributed by atoms with Crippen molar-refractivity contribution in [2.45, 2.75) is 103 Å². The van der Waals surface area contributed by atoms with Gasteiger partial charge in [-0.25, -0.2) is 4.57 Å². The third-order valence-electron chi connectivity index (χ3n) is 10.6. The zero-order chi connectivity index (χ0) is 27.0. The van der Waals surface area contributed by atoms with Crippen molar-refractivity contribution >= 4 is 23.5 Å². The van der Waals surface area contributed by atoms with Crippen molar-refractivity contribution in [1.82, 2.24) is 0 Å². The number of aliphatic hydroxyl groups is 1. The number of ketones is 1. The largest absolute Gasteiger partial charge is 0.461 e. The van der Waals surface area contributed by atoms with Gasteiger partial charge in [-0.1, -0.05) is 47.1 Å². The van der Waals surface area contributed by atoms with Crippen LogP contribution in [0.1, 0.15) is 79.6 Å². The summed E-state index contributed by atoms with van der Waals surface area (Å²) in [6.45, 7) is 15.8. The number of pyridine rings is 1. The summed E-state index contributed by atoms with van der Waals surface area (Å²) in [4.78, 5) is 27.8. The topological polar surface area (TPSA) is 67.5 Å². The minimum Gasteiger partial charge on any atom is -0.461 e. The molecule has 0 aromatic carbocycles. The van der Waals surface area contributed by atoms with E-state index in [2.05, 4.69) is 51.2 Å². The summed E-state index contributed by atoms with van der Waals surface area (Å²) in [7, 11) is 0. The van der Waals surface area contributed by atoms with E-state index in [1.54, 1.807) is 0 Å². The molecule has 0 aliphatic heterocycles. The van der Waals surface area contributed by atoms with Crippen molar-refractivity contribution < 1.29 is 24.0 Å². The van der Waals surface area contributed by atoms with Gasteiger partial charge in [0.25, 0.3) is 0 Å². The maximum absolute atomic E-state index is 13.5. The normalized spacial score (nSPS) is 39.4. The van der Waals surface area contributed by atoms with E-state index < -0.39 is 23.0 Å². The molecule has 5 nitrogen and oxygen atoms in total. The van der Waals surface area contributed by atoms with E-state index in [4.69, 9.17) is 4.74 Å². The maximum Gasteiger partial charge on any atom is 0.316 e. The quantitative estimate of drug-likeness (QED) is 0.201. The molecule has 0 saturated heterocycles. The van der Waals surface area contributed by atoms with Gasteiger partial charge in [0.15, 0.2) is 12.4 Å². The van der Waals surface area contributed by atoms with Crippen LogP contribution in [0.15, 0.2) is 42.1 Å². The van der Waals surface area contributed by atoms with Crippen LogP contribution in [0.2, 0.25) is 0 Å². The zero-order valence-electron chi connectivity index (χ0n) is 23.4. The Labute approximate surface area is 227 Å². The third-order valence-corrected chi connectivity index (χ3v) is 11.5. The van der Waals surface area contributed by atoms with Gasteiger partial charge in [-0.2, -0.15) is 0 Å². The Morgan fingerprint density at radius 3 is 2.62 bits per heavy atom. The van der Waals surface area contributed by atoms with Crippen molar-refractivity contribution in [3.8, 4) is 0 Å². The second-order valence-corrected chi connectivity index (χ2v) is 13.5. The molecule has 4 rings (SSSR count). The summed E-state index contributed by atoms with van der Waals surface area (Å²) in [5, 5.41) is 11.6. The number of rotatable bonds is 8. The molecule has 37 heavy (non-hydrogen) atoms. The molecule has 3 saturated carbocycles. The Kier molecular flexibility index (Phi) is 8.31. The second kappa shape index (κ2) is 10.8. The summed E-state index contributed by atoms with van der Waals surface area (Å²) in [5.74, 6) is 0.258. The van der Waals surface area contributed by atoms with Gasteiger partial charge in [0.1, 0.15) is 18.4 Å². The van der Waals surface area contributed by atoms with Gasteiger partial charge in [0.2, 0.25) is 0 Å². The maximum atomic E-state index is 13.5. The highest BCUT2D eigenvalue weighted by atomic mass is 32.2. The molecule has 3 fully saturated rings.